The smallest absolute Gasteiger partial charge is 0.418 e. The first kappa shape index (κ1) is 23.2. The van der Waals surface area contributed by atoms with E-state index in [1.54, 1.807) is 0 Å². The summed E-state index contributed by atoms with van der Waals surface area (Å²) < 4.78 is 28.1. The summed E-state index contributed by atoms with van der Waals surface area (Å²) in [6.45, 7) is 2.39. The summed E-state index contributed by atoms with van der Waals surface area (Å²) in [7, 11) is -2.92. The molecule has 8 nitrogen and oxygen atoms in total. The highest BCUT2D eigenvalue weighted by molar-refractivity contribution is 8.93. The van der Waals surface area contributed by atoms with Gasteiger partial charge in [0, 0.05) is 12.1 Å². The fraction of sp³-hybridized carbons (Fsp3) is 0.429. The summed E-state index contributed by atoms with van der Waals surface area (Å²) in [5.74, 6) is 0.0519. The molecule has 26 heavy (non-hydrogen) atoms. The molecule has 1 aromatic rings. The maximum absolute atomic E-state index is 12.2. The quantitative estimate of drug-likeness (QED) is 0.670. The first-order valence-electron chi connectivity index (χ1n) is 7.25. The van der Waals surface area contributed by atoms with Gasteiger partial charge in [-0.15, -0.1) is 17.0 Å². The van der Waals surface area contributed by atoms with E-state index in [1.165, 1.54) is 19.2 Å². The summed E-state index contributed by atoms with van der Waals surface area (Å²) >= 11 is 7.05. The van der Waals surface area contributed by atoms with Gasteiger partial charge in [-0.1, -0.05) is 36.4 Å². The number of carbonyl (C=O) groups excluding carboxylic acids is 1. The highest BCUT2D eigenvalue weighted by atomic mass is 79.9. The van der Waals surface area contributed by atoms with E-state index in [2.05, 4.69) is 4.99 Å². The molecule has 3 N–H and O–H groups in total. The van der Waals surface area contributed by atoms with Gasteiger partial charge in [-0.2, -0.15) is 0 Å². The van der Waals surface area contributed by atoms with Gasteiger partial charge in [-0.25, -0.2) is 23.3 Å². The van der Waals surface area contributed by atoms with Crippen molar-refractivity contribution in [3.63, 3.8) is 0 Å². The third kappa shape index (κ3) is 4.52. The fourth-order valence-electron chi connectivity index (χ4n) is 2.28. The molecular formula is C14H19BrClN3O5S2. The molecule has 1 unspecified atom stereocenters. The molecule has 0 aromatic heterocycles. The van der Waals surface area contributed by atoms with Crippen LogP contribution in [0.2, 0.25) is 5.02 Å². The number of rotatable bonds is 4. The Kier molecular flexibility index (Phi) is 7.93. The van der Waals surface area contributed by atoms with E-state index >= 15 is 0 Å². The standard InChI is InChI=1S/C14H18ClN3O5S2.BrH/c1-3-6-17-12-18(13(19)23-2)14(20,8-24-12)9-4-5-10(15)11(7-9)25(16,21)22;/h4-5,7,20H,3,6,8H2,1-2H3,(H2,16,21,22);1H. The molecule has 0 aliphatic carbocycles. The van der Waals surface area contributed by atoms with Crippen molar-refractivity contribution in [1.29, 1.82) is 0 Å². The van der Waals surface area contributed by atoms with E-state index in [0.717, 1.165) is 29.1 Å². The summed E-state index contributed by atoms with van der Waals surface area (Å²) in [6.07, 6.45) is -0.0527. The first-order chi connectivity index (χ1) is 11.6. The molecule has 1 fully saturated rings. The number of primary sulfonamides is 1. The van der Waals surface area contributed by atoms with Crippen LogP contribution < -0.4 is 5.14 Å². The Morgan fingerprint density at radius 2 is 2.19 bits per heavy atom. The van der Waals surface area contributed by atoms with E-state index in [0.29, 0.717) is 11.7 Å². The van der Waals surface area contributed by atoms with E-state index < -0.39 is 21.8 Å². The Hall–Kier alpha value is -0.850. The van der Waals surface area contributed by atoms with Crippen LogP contribution in [0, 0.1) is 0 Å². The Morgan fingerprint density at radius 3 is 2.73 bits per heavy atom. The molecule has 1 saturated heterocycles. The number of amidine groups is 1. The van der Waals surface area contributed by atoms with Crippen molar-refractivity contribution in [2.45, 2.75) is 24.0 Å². The van der Waals surface area contributed by atoms with Crippen LogP contribution in [0.4, 0.5) is 4.79 Å². The predicted octanol–water partition coefficient (Wildman–Crippen LogP) is 2.29. The van der Waals surface area contributed by atoms with Gasteiger partial charge in [0.25, 0.3) is 0 Å². The number of nitrogens with zero attached hydrogens (tertiary/aromatic N) is 2. The summed E-state index contributed by atoms with van der Waals surface area (Å²) in [5, 5.41) is 16.5. The summed E-state index contributed by atoms with van der Waals surface area (Å²) in [4.78, 5) is 17.1. The third-order valence-electron chi connectivity index (χ3n) is 3.49. The Labute approximate surface area is 171 Å². The number of aliphatic hydroxyl groups is 1. The number of ether oxygens (including phenoxy) is 1. The monoisotopic (exact) mass is 487 g/mol. The van der Waals surface area contributed by atoms with Crippen molar-refractivity contribution in [2.75, 3.05) is 19.4 Å². The van der Waals surface area contributed by atoms with Crippen LogP contribution >= 0.6 is 40.3 Å². The number of benzene rings is 1. The molecule has 1 aromatic carbocycles. The van der Waals surface area contributed by atoms with Crippen LogP contribution in [0.25, 0.3) is 0 Å². The molecular weight excluding hydrogens is 470 g/mol. The van der Waals surface area contributed by atoms with Crippen LogP contribution in [0.15, 0.2) is 28.1 Å². The van der Waals surface area contributed by atoms with Crippen LogP contribution in [-0.2, 0) is 20.5 Å². The number of hydrogen-bond acceptors (Lipinski definition) is 7. The maximum Gasteiger partial charge on any atom is 0.418 e. The molecule has 1 atom stereocenters. The molecule has 1 aliphatic heterocycles. The number of hydrogen-bond donors (Lipinski definition) is 2. The van der Waals surface area contributed by atoms with Gasteiger partial charge >= 0.3 is 6.09 Å². The number of aliphatic imine (C=N–C) groups is 1. The second kappa shape index (κ2) is 8.89. The lowest BCUT2D eigenvalue weighted by Crippen LogP contribution is -2.48. The van der Waals surface area contributed by atoms with Crippen LogP contribution in [-0.4, -0.2) is 49.1 Å². The fourth-order valence-corrected chi connectivity index (χ4v) is 4.51. The Balaban J connectivity index is 0.00000338. The molecule has 0 spiro atoms. The lowest BCUT2D eigenvalue weighted by atomic mass is 10.0. The minimum Gasteiger partial charge on any atom is -0.452 e. The number of thioether (sulfide) groups is 1. The lowest BCUT2D eigenvalue weighted by molar-refractivity contribution is -0.0397. The molecule has 146 valence electrons. The molecule has 0 saturated carbocycles. The van der Waals surface area contributed by atoms with Gasteiger partial charge in [0.2, 0.25) is 10.0 Å². The topological polar surface area (TPSA) is 122 Å². The third-order valence-corrected chi connectivity index (χ3v) is 6.00. The van der Waals surface area contributed by atoms with Gasteiger partial charge < -0.3 is 9.84 Å². The number of nitrogens with two attached hydrogens (primary N) is 1. The van der Waals surface area contributed by atoms with E-state index in [4.69, 9.17) is 21.5 Å². The normalized spacial score (nSPS) is 21.6. The Morgan fingerprint density at radius 1 is 1.54 bits per heavy atom. The van der Waals surface area contributed by atoms with Crippen LogP contribution in [0.5, 0.6) is 0 Å². The Bertz CT molecular complexity index is 821. The molecule has 1 amide bonds. The minimum atomic E-state index is -4.10. The van der Waals surface area contributed by atoms with Crippen molar-refractivity contribution in [3.8, 4) is 0 Å². The summed E-state index contributed by atoms with van der Waals surface area (Å²) in [5.41, 5.74) is -1.70. The number of amides is 1. The zero-order chi connectivity index (χ0) is 18.8. The molecule has 0 radical (unpaired) electrons. The predicted molar refractivity (Wildman–Crippen MR) is 106 cm³/mol. The summed E-state index contributed by atoms with van der Waals surface area (Å²) in [6, 6.07) is 3.88. The van der Waals surface area contributed by atoms with Gasteiger partial charge in [0.15, 0.2) is 10.9 Å². The first-order valence-corrected chi connectivity index (χ1v) is 10.2. The second-order valence-electron chi connectivity index (χ2n) is 5.27. The van der Waals surface area contributed by atoms with Crippen molar-refractivity contribution in [3.05, 3.63) is 28.8 Å². The molecule has 12 heteroatoms. The molecule has 0 bridgehead atoms. The highest BCUT2D eigenvalue weighted by Gasteiger charge is 2.49. The largest absolute Gasteiger partial charge is 0.452 e. The van der Waals surface area contributed by atoms with Crippen molar-refractivity contribution < 1.29 is 23.1 Å². The zero-order valence-electron chi connectivity index (χ0n) is 14.0. The highest BCUT2D eigenvalue weighted by Crippen LogP contribution is 2.41. The molecule has 1 aliphatic rings. The number of sulfonamides is 1. The second-order valence-corrected chi connectivity index (χ2v) is 8.14. The van der Waals surface area contributed by atoms with Gasteiger partial charge in [0.05, 0.1) is 17.9 Å². The zero-order valence-corrected chi connectivity index (χ0v) is 18.1. The average Bonchev–Trinajstić information content (AvgIpc) is 2.89. The van der Waals surface area contributed by atoms with E-state index in [-0.39, 0.29) is 38.2 Å². The SMILES string of the molecule is Br.CCCN=C1SCC(O)(c2ccc(Cl)c(S(N)(=O)=O)c2)N1C(=O)OC. The van der Waals surface area contributed by atoms with Crippen molar-refractivity contribution >= 4 is 61.6 Å². The van der Waals surface area contributed by atoms with Gasteiger partial charge in [-0.05, 0) is 18.6 Å². The number of carbonyl (C=O) groups is 1. The van der Waals surface area contributed by atoms with Gasteiger partial charge in [0.1, 0.15) is 4.90 Å². The minimum absolute atomic E-state index is 0. The molecule has 2 rings (SSSR count). The van der Waals surface area contributed by atoms with Crippen molar-refractivity contribution in [2.24, 2.45) is 10.1 Å². The lowest BCUT2D eigenvalue weighted by Gasteiger charge is -2.31. The number of methoxy groups -OCH3 is 1. The molecule has 1 heterocycles. The van der Waals surface area contributed by atoms with E-state index in [9.17, 15) is 18.3 Å². The maximum atomic E-state index is 12.2. The average molecular weight is 489 g/mol. The van der Waals surface area contributed by atoms with Crippen LogP contribution in [0.1, 0.15) is 18.9 Å². The van der Waals surface area contributed by atoms with E-state index in [1.807, 2.05) is 6.92 Å². The van der Waals surface area contributed by atoms with Gasteiger partial charge in [-0.3, -0.25) is 4.99 Å². The number of halogens is 2. The van der Waals surface area contributed by atoms with Crippen LogP contribution in [0.3, 0.4) is 0 Å². The van der Waals surface area contributed by atoms with Crippen molar-refractivity contribution in [1.82, 2.24) is 4.90 Å².